The van der Waals surface area contributed by atoms with Crippen molar-refractivity contribution in [2.75, 3.05) is 19.7 Å². The maximum Gasteiger partial charge on any atom is 0.119 e. The standard InChI is InChI=1S/C25H29NO4/c1-19-7-11-23(12-8-19)30-18-22(27)15-26-16-25(28)21-9-13-24(14-10-21)29-17-20-5-3-2-4-6-20/h2-14,22,25-28H,15-18H2,1H3. The minimum Gasteiger partial charge on any atom is -0.491 e. The van der Waals surface area contributed by atoms with Crippen molar-refractivity contribution in [3.8, 4) is 11.5 Å². The quantitative estimate of drug-likeness (QED) is 0.453. The normalized spacial score (nSPS) is 12.9. The predicted molar refractivity (Wildman–Crippen MR) is 118 cm³/mol. The van der Waals surface area contributed by atoms with Crippen molar-refractivity contribution in [1.29, 1.82) is 0 Å². The number of ether oxygens (including phenoxy) is 2. The molecule has 5 heteroatoms. The second-order valence-corrected chi connectivity index (χ2v) is 7.30. The number of aliphatic hydroxyl groups excluding tert-OH is 2. The van der Waals surface area contributed by atoms with E-state index >= 15 is 0 Å². The van der Waals surface area contributed by atoms with Crippen molar-refractivity contribution in [1.82, 2.24) is 5.32 Å². The summed E-state index contributed by atoms with van der Waals surface area (Å²) >= 11 is 0. The van der Waals surface area contributed by atoms with E-state index in [-0.39, 0.29) is 6.61 Å². The molecular weight excluding hydrogens is 378 g/mol. The topological polar surface area (TPSA) is 71.0 Å². The fourth-order valence-electron chi connectivity index (χ4n) is 2.92. The minimum atomic E-state index is -0.668. The van der Waals surface area contributed by atoms with E-state index in [1.165, 1.54) is 0 Å². The third-order valence-corrected chi connectivity index (χ3v) is 4.69. The highest BCUT2D eigenvalue weighted by Gasteiger charge is 2.10. The first-order valence-corrected chi connectivity index (χ1v) is 10.1. The zero-order valence-corrected chi connectivity index (χ0v) is 17.2. The first kappa shape index (κ1) is 21.8. The molecular formula is C25H29NO4. The fourth-order valence-corrected chi connectivity index (χ4v) is 2.92. The van der Waals surface area contributed by atoms with Crippen molar-refractivity contribution in [3.05, 3.63) is 95.6 Å². The van der Waals surface area contributed by atoms with E-state index in [9.17, 15) is 10.2 Å². The third-order valence-electron chi connectivity index (χ3n) is 4.69. The molecule has 0 fully saturated rings. The van der Waals surface area contributed by atoms with Gasteiger partial charge in [-0.25, -0.2) is 0 Å². The van der Waals surface area contributed by atoms with Gasteiger partial charge in [-0.15, -0.1) is 0 Å². The van der Waals surface area contributed by atoms with Gasteiger partial charge in [-0.05, 0) is 42.3 Å². The molecule has 3 aromatic rings. The predicted octanol–water partition coefficient (Wildman–Crippen LogP) is 3.64. The Balaban J connectivity index is 1.35. The van der Waals surface area contributed by atoms with Crippen LogP contribution >= 0.6 is 0 Å². The van der Waals surface area contributed by atoms with Crippen LogP contribution in [0, 0.1) is 6.92 Å². The molecule has 0 aliphatic rings. The Bertz CT molecular complexity index is 866. The van der Waals surface area contributed by atoms with Crippen LogP contribution in [0.2, 0.25) is 0 Å². The van der Waals surface area contributed by atoms with Crippen molar-refractivity contribution in [2.45, 2.75) is 25.7 Å². The van der Waals surface area contributed by atoms with Gasteiger partial charge in [0.2, 0.25) is 0 Å². The summed E-state index contributed by atoms with van der Waals surface area (Å²) in [5, 5.41) is 23.5. The maximum atomic E-state index is 10.3. The Hall–Kier alpha value is -2.86. The van der Waals surface area contributed by atoms with Crippen molar-refractivity contribution < 1.29 is 19.7 Å². The van der Waals surface area contributed by atoms with Crippen LogP contribution in [0.5, 0.6) is 11.5 Å². The average Bonchev–Trinajstić information content (AvgIpc) is 2.78. The Morgan fingerprint density at radius 3 is 2.10 bits per heavy atom. The first-order chi connectivity index (χ1) is 14.6. The minimum absolute atomic E-state index is 0.194. The van der Waals surface area contributed by atoms with Crippen LogP contribution in [0.1, 0.15) is 22.8 Å². The molecule has 5 nitrogen and oxygen atoms in total. The van der Waals surface area contributed by atoms with Crippen LogP contribution in [0.15, 0.2) is 78.9 Å². The van der Waals surface area contributed by atoms with Gasteiger partial charge in [-0.1, -0.05) is 60.2 Å². The Morgan fingerprint density at radius 2 is 1.40 bits per heavy atom. The molecule has 2 unspecified atom stereocenters. The smallest absolute Gasteiger partial charge is 0.119 e. The molecule has 0 bridgehead atoms. The summed E-state index contributed by atoms with van der Waals surface area (Å²) in [7, 11) is 0. The summed E-state index contributed by atoms with van der Waals surface area (Å²) < 4.78 is 11.3. The van der Waals surface area contributed by atoms with Crippen LogP contribution in [0.25, 0.3) is 0 Å². The highest BCUT2D eigenvalue weighted by Crippen LogP contribution is 2.18. The number of aliphatic hydroxyl groups is 2. The Labute approximate surface area is 177 Å². The number of rotatable bonds is 11. The SMILES string of the molecule is Cc1ccc(OCC(O)CNCC(O)c2ccc(OCc3ccccc3)cc2)cc1. The average molecular weight is 408 g/mol. The third kappa shape index (κ3) is 7.19. The van der Waals surface area contributed by atoms with Crippen LogP contribution in [-0.2, 0) is 6.61 Å². The summed E-state index contributed by atoms with van der Waals surface area (Å²) in [4.78, 5) is 0. The summed E-state index contributed by atoms with van der Waals surface area (Å²) in [5.41, 5.74) is 3.06. The van der Waals surface area contributed by atoms with E-state index in [0.717, 1.165) is 28.2 Å². The molecule has 30 heavy (non-hydrogen) atoms. The molecule has 3 rings (SSSR count). The molecule has 0 radical (unpaired) electrons. The monoisotopic (exact) mass is 407 g/mol. The van der Waals surface area contributed by atoms with Crippen LogP contribution in [0.4, 0.5) is 0 Å². The second kappa shape index (κ2) is 11.4. The van der Waals surface area contributed by atoms with Crippen LogP contribution in [0.3, 0.4) is 0 Å². The molecule has 0 saturated heterocycles. The van der Waals surface area contributed by atoms with E-state index in [1.54, 1.807) is 0 Å². The molecule has 0 aliphatic heterocycles. The molecule has 0 spiro atoms. The Morgan fingerprint density at radius 1 is 0.767 bits per heavy atom. The lowest BCUT2D eigenvalue weighted by Crippen LogP contribution is -2.33. The van der Waals surface area contributed by atoms with E-state index in [1.807, 2.05) is 85.8 Å². The number of hydrogen-bond donors (Lipinski definition) is 3. The van der Waals surface area contributed by atoms with Crippen molar-refractivity contribution in [2.24, 2.45) is 0 Å². The van der Waals surface area contributed by atoms with Gasteiger partial charge in [-0.2, -0.15) is 0 Å². The molecule has 0 heterocycles. The molecule has 2 atom stereocenters. The lowest BCUT2D eigenvalue weighted by molar-refractivity contribution is 0.0996. The zero-order valence-electron chi connectivity index (χ0n) is 17.2. The highest BCUT2D eigenvalue weighted by atomic mass is 16.5. The lowest BCUT2D eigenvalue weighted by Gasteiger charge is -2.16. The van der Waals surface area contributed by atoms with E-state index in [0.29, 0.717) is 19.7 Å². The van der Waals surface area contributed by atoms with Gasteiger partial charge in [0, 0.05) is 13.1 Å². The molecule has 0 saturated carbocycles. The Kier molecular flexibility index (Phi) is 8.27. The molecule has 3 aromatic carbocycles. The van der Waals surface area contributed by atoms with Gasteiger partial charge in [0.25, 0.3) is 0 Å². The van der Waals surface area contributed by atoms with E-state index in [2.05, 4.69) is 5.32 Å². The summed E-state index contributed by atoms with van der Waals surface area (Å²) in [6.07, 6.45) is -1.33. The van der Waals surface area contributed by atoms with Gasteiger partial charge in [0.15, 0.2) is 0 Å². The van der Waals surface area contributed by atoms with Crippen LogP contribution in [-0.4, -0.2) is 36.0 Å². The van der Waals surface area contributed by atoms with Gasteiger partial charge in [0.05, 0.1) is 6.10 Å². The van der Waals surface area contributed by atoms with Gasteiger partial charge in [-0.3, -0.25) is 0 Å². The summed E-state index contributed by atoms with van der Waals surface area (Å²) in [5.74, 6) is 1.49. The van der Waals surface area contributed by atoms with E-state index < -0.39 is 12.2 Å². The van der Waals surface area contributed by atoms with Gasteiger partial charge >= 0.3 is 0 Å². The largest absolute Gasteiger partial charge is 0.491 e. The molecule has 3 N–H and O–H groups in total. The highest BCUT2D eigenvalue weighted by molar-refractivity contribution is 5.29. The summed E-state index contributed by atoms with van der Waals surface area (Å²) in [6.45, 7) is 3.39. The number of benzene rings is 3. The zero-order chi connectivity index (χ0) is 21.2. The molecule has 158 valence electrons. The number of hydrogen-bond acceptors (Lipinski definition) is 5. The number of aryl methyl sites for hydroxylation is 1. The molecule has 0 aliphatic carbocycles. The van der Waals surface area contributed by atoms with E-state index in [4.69, 9.17) is 9.47 Å². The maximum absolute atomic E-state index is 10.3. The first-order valence-electron chi connectivity index (χ1n) is 10.1. The van der Waals surface area contributed by atoms with Gasteiger partial charge < -0.3 is 25.0 Å². The summed E-state index contributed by atoms with van der Waals surface area (Å²) in [6, 6.07) is 25.1. The molecule has 0 aromatic heterocycles. The van der Waals surface area contributed by atoms with Crippen LogP contribution < -0.4 is 14.8 Å². The fraction of sp³-hybridized carbons (Fsp3) is 0.280. The number of nitrogens with one attached hydrogen (secondary N) is 1. The lowest BCUT2D eigenvalue weighted by atomic mass is 10.1. The molecule has 0 amide bonds. The van der Waals surface area contributed by atoms with Gasteiger partial charge in [0.1, 0.15) is 30.8 Å². The van der Waals surface area contributed by atoms with Crippen molar-refractivity contribution in [3.63, 3.8) is 0 Å². The van der Waals surface area contributed by atoms with Crippen molar-refractivity contribution >= 4 is 0 Å². The second-order valence-electron chi connectivity index (χ2n) is 7.30.